The van der Waals surface area contributed by atoms with Crippen molar-refractivity contribution >= 4 is 11.6 Å². The third-order valence-electron chi connectivity index (χ3n) is 2.86. The van der Waals surface area contributed by atoms with Crippen molar-refractivity contribution < 1.29 is 13.2 Å². The molecule has 1 N–H and O–H groups in total. The maximum absolute atomic E-state index is 12.8. The molecule has 0 radical (unpaired) electrons. The number of imidazole rings is 1. The number of halogens is 3. The highest BCUT2D eigenvalue weighted by Gasteiger charge is 2.32. The summed E-state index contributed by atoms with van der Waals surface area (Å²) < 4.78 is 40.2. The van der Waals surface area contributed by atoms with Gasteiger partial charge in [-0.25, -0.2) is 4.98 Å². The molecule has 19 heavy (non-hydrogen) atoms. The van der Waals surface area contributed by atoms with Crippen LogP contribution in [0.1, 0.15) is 18.1 Å². The van der Waals surface area contributed by atoms with E-state index in [0.717, 1.165) is 6.07 Å². The third-order valence-corrected chi connectivity index (χ3v) is 2.86. The summed E-state index contributed by atoms with van der Waals surface area (Å²) in [6, 6.07) is 4.16. The topological polar surface area (TPSA) is 29.9 Å². The summed E-state index contributed by atoms with van der Waals surface area (Å²) in [6.45, 7) is 4.07. The van der Waals surface area contributed by atoms with Crippen LogP contribution in [-0.2, 0) is 12.7 Å². The van der Waals surface area contributed by atoms with Gasteiger partial charge < -0.3 is 9.88 Å². The van der Waals surface area contributed by atoms with E-state index >= 15 is 0 Å². The fourth-order valence-electron chi connectivity index (χ4n) is 1.82. The molecule has 0 saturated carbocycles. The molecular formula is C13H14F3N3. The number of aryl methyl sites for hydroxylation is 2. The van der Waals surface area contributed by atoms with Gasteiger partial charge in [0.05, 0.1) is 5.56 Å². The van der Waals surface area contributed by atoms with Crippen LogP contribution in [0.15, 0.2) is 30.6 Å². The molecule has 0 aliphatic carbocycles. The normalized spacial score (nSPS) is 11.6. The quantitative estimate of drug-likeness (QED) is 0.913. The molecule has 1 aromatic carbocycles. The fourth-order valence-corrected chi connectivity index (χ4v) is 1.82. The molecule has 0 atom stereocenters. The van der Waals surface area contributed by atoms with Gasteiger partial charge in [-0.05, 0) is 31.5 Å². The molecule has 1 aromatic heterocycles. The van der Waals surface area contributed by atoms with Gasteiger partial charge in [0.25, 0.3) is 0 Å². The summed E-state index contributed by atoms with van der Waals surface area (Å²) in [6.07, 6.45) is -0.978. The Bertz CT molecular complexity index is 573. The van der Waals surface area contributed by atoms with Crippen LogP contribution in [-0.4, -0.2) is 9.55 Å². The van der Waals surface area contributed by atoms with E-state index in [9.17, 15) is 13.2 Å². The zero-order chi connectivity index (χ0) is 14.0. The van der Waals surface area contributed by atoms with Crippen LogP contribution in [0.25, 0.3) is 0 Å². The second kappa shape index (κ2) is 4.95. The highest BCUT2D eigenvalue weighted by molar-refractivity contribution is 5.56. The van der Waals surface area contributed by atoms with Crippen molar-refractivity contribution in [3.05, 3.63) is 41.7 Å². The Morgan fingerprint density at radius 3 is 2.68 bits per heavy atom. The monoisotopic (exact) mass is 269 g/mol. The second-order valence-corrected chi connectivity index (χ2v) is 4.19. The zero-order valence-corrected chi connectivity index (χ0v) is 10.6. The minimum absolute atomic E-state index is 0.205. The van der Waals surface area contributed by atoms with Crippen molar-refractivity contribution in [1.29, 1.82) is 0 Å². The van der Waals surface area contributed by atoms with E-state index in [4.69, 9.17) is 0 Å². The minimum atomic E-state index is -4.35. The molecule has 6 heteroatoms. The zero-order valence-electron chi connectivity index (χ0n) is 10.6. The fraction of sp³-hybridized carbons (Fsp3) is 0.308. The largest absolute Gasteiger partial charge is 0.416 e. The number of hydrogen-bond acceptors (Lipinski definition) is 2. The van der Waals surface area contributed by atoms with Crippen LogP contribution in [0, 0.1) is 6.92 Å². The first-order valence-corrected chi connectivity index (χ1v) is 5.88. The number of rotatable bonds is 3. The Morgan fingerprint density at radius 1 is 1.32 bits per heavy atom. The Morgan fingerprint density at radius 2 is 2.05 bits per heavy atom. The summed E-state index contributed by atoms with van der Waals surface area (Å²) in [5.74, 6) is 0.527. The first-order valence-electron chi connectivity index (χ1n) is 5.88. The predicted octanol–water partition coefficient (Wildman–Crippen LogP) is 3.97. The summed E-state index contributed by atoms with van der Waals surface area (Å²) in [5.41, 5.74) is -0.0530. The van der Waals surface area contributed by atoms with E-state index in [0.29, 0.717) is 18.2 Å². The van der Waals surface area contributed by atoms with E-state index < -0.39 is 11.7 Å². The van der Waals surface area contributed by atoms with Gasteiger partial charge in [0, 0.05) is 24.6 Å². The summed E-state index contributed by atoms with van der Waals surface area (Å²) in [4.78, 5) is 4.07. The number of alkyl halides is 3. The average Bonchev–Trinajstić information content (AvgIpc) is 2.77. The van der Waals surface area contributed by atoms with Crippen molar-refractivity contribution in [1.82, 2.24) is 9.55 Å². The molecule has 0 aliphatic heterocycles. The van der Waals surface area contributed by atoms with Gasteiger partial charge in [0.2, 0.25) is 5.95 Å². The number of nitrogens with one attached hydrogen (secondary N) is 1. The van der Waals surface area contributed by atoms with Crippen LogP contribution in [0.4, 0.5) is 24.8 Å². The molecule has 0 bridgehead atoms. The standard InChI is InChI=1S/C13H14F3N3/c1-3-19-7-6-17-12(19)18-10-5-4-9(2)11(8-10)13(14,15)16/h4-8H,3H2,1-2H3,(H,17,18). The first kappa shape index (κ1) is 13.5. The first-order chi connectivity index (χ1) is 8.91. The van der Waals surface area contributed by atoms with Crippen LogP contribution >= 0.6 is 0 Å². The highest BCUT2D eigenvalue weighted by atomic mass is 19.4. The number of aromatic nitrogens is 2. The lowest BCUT2D eigenvalue weighted by Crippen LogP contribution is -2.08. The van der Waals surface area contributed by atoms with Crippen LogP contribution < -0.4 is 5.32 Å². The molecule has 0 spiro atoms. The van der Waals surface area contributed by atoms with Crippen LogP contribution in [0.5, 0.6) is 0 Å². The van der Waals surface area contributed by atoms with Gasteiger partial charge in [-0.3, -0.25) is 0 Å². The molecule has 2 rings (SSSR count). The number of nitrogens with zero attached hydrogens (tertiary/aromatic N) is 2. The van der Waals surface area contributed by atoms with E-state index in [2.05, 4.69) is 10.3 Å². The van der Waals surface area contributed by atoms with Gasteiger partial charge in [-0.15, -0.1) is 0 Å². The number of hydrogen-bond donors (Lipinski definition) is 1. The molecule has 102 valence electrons. The highest BCUT2D eigenvalue weighted by Crippen LogP contribution is 2.33. The van der Waals surface area contributed by atoms with Crippen molar-refractivity contribution in [2.75, 3.05) is 5.32 Å². The van der Waals surface area contributed by atoms with E-state index in [1.165, 1.54) is 13.0 Å². The van der Waals surface area contributed by atoms with Crippen molar-refractivity contribution in [2.45, 2.75) is 26.6 Å². The molecule has 0 unspecified atom stereocenters. The molecule has 0 fully saturated rings. The summed E-state index contributed by atoms with van der Waals surface area (Å²) in [5, 5.41) is 2.90. The Labute approximate surface area is 109 Å². The Balaban J connectivity index is 2.32. The molecule has 0 amide bonds. The van der Waals surface area contributed by atoms with Gasteiger partial charge in [0.15, 0.2) is 0 Å². The molecule has 0 saturated heterocycles. The smallest absolute Gasteiger partial charge is 0.326 e. The molecular weight excluding hydrogens is 255 g/mol. The maximum Gasteiger partial charge on any atom is 0.416 e. The van der Waals surface area contributed by atoms with Crippen molar-refractivity contribution in [3.8, 4) is 0 Å². The van der Waals surface area contributed by atoms with E-state index in [1.54, 1.807) is 18.5 Å². The summed E-state index contributed by atoms with van der Waals surface area (Å²) >= 11 is 0. The van der Waals surface area contributed by atoms with Crippen LogP contribution in [0.3, 0.4) is 0 Å². The third kappa shape index (κ3) is 2.89. The van der Waals surface area contributed by atoms with E-state index in [1.807, 2.05) is 11.5 Å². The predicted molar refractivity (Wildman–Crippen MR) is 67.4 cm³/mol. The second-order valence-electron chi connectivity index (χ2n) is 4.19. The average molecular weight is 269 g/mol. The van der Waals surface area contributed by atoms with Crippen LogP contribution in [0.2, 0.25) is 0 Å². The molecule has 1 heterocycles. The lowest BCUT2D eigenvalue weighted by atomic mass is 10.1. The molecule has 2 aromatic rings. The lowest BCUT2D eigenvalue weighted by Gasteiger charge is -2.13. The molecule has 0 aliphatic rings. The van der Waals surface area contributed by atoms with Crippen molar-refractivity contribution in [3.63, 3.8) is 0 Å². The molecule has 3 nitrogen and oxygen atoms in total. The van der Waals surface area contributed by atoms with Gasteiger partial charge in [0.1, 0.15) is 0 Å². The van der Waals surface area contributed by atoms with E-state index in [-0.39, 0.29) is 5.56 Å². The van der Waals surface area contributed by atoms with Crippen molar-refractivity contribution in [2.24, 2.45) is 0 Å². The van der Waals surface area contributed by atoms with Gasteiger partial charge in [-0.1, -0.05) is 6.07 Å². The number of anilines is 2. The Hall–Kier alpha value is -1.98. The van der Waals surface area contributed by atoms with Gasteiger partial charge in [-0.2, -0.15) is 13.2 Å². The van der Waals surface area contributed by atoms with Gasteiger partial charge >= 0.3 is 6.18 Å². The summed E-state index contributed by atoms with van der Waals surface area (Å²) in [7, 11) is 0. The minimum Gasteiger partial charge on any atom is -0.326 e. The Kier molecular flexibility index (Phi) is 3.50. The maximum atomic E-state index is 12.8. The lowest BCUT2D eigenvalue weighted by molar-refractivity contribution is -0.138. The number of benzene rings is 1. The SMILES string of the molecule is CCn1ccnc1Nc1ccc(C)c(C(F)(F)F)c1.